The summed E-state index contributed by atoms with van der Waals surface area (Å²) in [4.78, 5) is 15.3. The molecule has 4 aromatic rings. The summed E-state index contributed by atoms with van der Waals surface area (Å²) in [6.07, 6.45) is -4.18. The van der Waals surface area contributed by atoms with Crippen LogP contribution in [0.15, 0.2) is 54.9 Å². The zero-order valence-corrected chi connectivity index (χ0v) is 18.7. The van der Waals surface area contributed by atoms with E-state index in [0.717, 1.165) is 15.7 Å². The standard InChI is InChI=1S/C23H19F5N6O2/c1-2-5-18-30-20(22(24,25)23(26,27)28)19(21(35)36)33(18)12-14-8-10-15(11-9-14)16-6-3-4-7-17(16)34-13-29-31-32-34/h3-4,6-11,13H,2,5,12H2,1H3,(H,35,36). The highest BCUT2D eigenvalue weighted by Gasteiger charge is 2.62. The largest absolute Gasteiger partial charge is 0.477 e. The Hall–Kier alpha value is -4.16. The van der Waals surface area contributed by atoms with Crippen LogP contribution in [-0.4, -0.2) is 47.0 Å². The monoisotopic (exact) mass is 506 g/mol. The van der Waals surface area contributed by atoms with Gasteiger partial charge in [0.1, 0.15) is 12.2 Å². The second-order valence-electron chi connectivity index (χ2n) is 7.91. The molecule has 0 spiro atoms. The summed E-state index contributed by atoms with van der Waals surface area (Å²) in [5, 5.41) is 20.7. The van der Waals surface area contributed by atoms with Gasteiger partial charge in [-0.15, -0.1) is 5.10 Å². The number of hydrogen-bond acceptors (Lipinski definition) is 5. The van der Waals surface area contributed by atoms with Crippen LogP contribution in [0.4, 0.5) is 22.0 Å². The number of tetrazole rings is 1. The predicted molar refractivity (Wildman–Crippen MR) is 117 cm³/mol. The van der Waals surface area contributed by atoms with Crippen molar-refractivity contribution in [2.24, 2.45) is 0 Å². The van der Waals surface area contributed by atoms with Crippen LogP contribution in [0.3, 0.4) is 0 Å². The normalized spacial score (nSPS) is 12.2. The van der Waals surface area contributed by atoms with Gasteiger partial charge in [-0.05, 0) is 34.0 Å². The summed E-state index contributed by atoms with van der Waals surface area (Å²) < 4.78 is 69.9. The van der Waals surface area contributed by atoms with Crippen LogP contribution in [0.25, 0.3) is 16.8 Å². The molecule has 2 heterocycles. The Morgan fingerprint density at radius 2 is 1.72 bits per heavy atom. The van der Waals surface area contributed by atoms with Crippen LogP contribution in [0.1, 0.15) is 40.9 Å². The lowest BCUT2D eigenvalue weighted by atomic mass is 10.0. The molecule has 1 N–H and O–H groups in total. The second kappa shape index (κ2) is 9.47. The van der Waals surface area contributed by atoms with E-state index in [4.69, 9.17) is 0 Å². The lowest BCUT2D eigenvalue weighted by Crippen LogP contribution is -2.35. The third-order valence-corrected chi connectivity index (χ3v) is 5.48. The maximum Gasteiger partial charge on any atom is 0.459 e. The summed E-state index contributed by atoms with van der Waals surface area (Å²) in [6, 6.07) is 14.0. The van der Waals surface area contributed by atoms with E-state index in [2.05, 4.69) is 20.5 Å². The Labute approximate surface area is 201 Å². The highest BCUT2D eigenvalue weighted by molar-refractivity contribution is 5.87. The van der Waals surface area contributed by atoms with Crippen LogP contribution in [-0.2, 0) is 18.9 Å². The molecule has 36 heavy (non-hydrogen) atoms. The van der Waals surface area contributed by atoms with Gasteiger partial charge in [0, 0.05) is 18.5 Å². The lowest BCUT2D eigenvalue weighted by molar-refractivity contribution is -0.291. The molecule has 0 radical (unpaired) electrons. The zero-order chi connectivity index (χ0) is 26.1. The number of hydrogen-bond donors (Lipinski definition) is 1. The molecule has 0 unspecified atom stereocenters. The Morgan fingerprint density at radius 3 is 2.31 bits per heavy atom. The maximum atomic E-state index is 14.2. The predicted octanol–water partition coefficient (Wildman–Crippen LogP) is 4.88. The minimum Gasteiger partial charge on any atom is -0.477 e. The molecular formula is C23H19F5N6O2. The second-order valence-corrected chi connectivity index (χ2v) is 7.91. The minimum absolute atomic E-state index is 0.0195. The molecule has 0 amide bonds. The number of halogens is 5. The van der Waals surface area contributed by atoms with Crippen LogP contribution < -0.4 is 0 Å². The van der Waals surface area contributed by atoms with E-state index in [-0.39, 0.29) is 18.8 Å². The van der Waals surface area contributed by atoms with E-state index in [9.17, 15) is 31.9 Å². The van der Waals surface area contributed by atoms with Crippen molar-refractivity contribution in [3.8, 4) is 16.8 Å². The van der Waals surface area contributed by atoms with Gasteiger partial charge in [0.2, 0.25) is 0 Å². The topological polar surface area (TPSA) is 98.7 Å². The molecule has 4 rings (SSSR count). The first-order chi connectivity index (χ1) is 17.0. The number of benzene rings is 2. The van der Waals surface area contributed by atoms with Crippen LogP contribution in [0.2, 0.25) is 0 Å². The number of carboxylic acid groups (broad SMARTS) is 1. The smallest absolute Gasteiger partial charge is 0.459 e. The fourth-order valence-corrected chi connectivity index (χ4v) is 3.82. The molecular weight excluding hydrogens is 487 g/mol. The molecule has 0 saturated heterocycles. The highest BCUT2D eigenvalue weighted by atomic mass is 19.4. The Morgan fingerprint density at radius 1 is 1.03 bits per heavy atom. The van der Waals surface area contributed by atoms with Gasteiger partial charge < -0.3 is 9.67 Å². The molecule has 13 heteroatoms. The van der Waals surface area contributed by atoms with Crippen molar-refractivity contribution < 1.29 is 31.9 Å². The van der Waals surface area contributed by atoms with Gasteiger partial charge in [0.15, 0.2) is 11.4 Å². The van der Waals surface area contributed by atoms with Crippen molar-refractivity contribution in [1.82, 2.24) is 29.8 Å². The molecule has 0 aliphatic heterocycles. The van der Waals surface area contributed by atoms with Crippen LogP contribution in [0, 0.1) is 0 Å². The van der Waals surface area contributed by atoms with Crippen LogP contribution >= 0.6 is 0 Å². The van der Waals surface area contributed by atoms with Crippen molar-refractivity contribution in [3.63, 3.8) is 0 Å². The zero-order valence-electron chi connectivity index (χ0n) is 18.7. The first kappa shape index (κ1) is 24.9. The number of imidazole rings is 1. The third-order valence-electron chi connectivity index (χ3n) is 5.48. The molecule has 0 fully saturated rings. The summed E-state index contributed by atoms with van der Waals surface area (Å²) in [7, 11) is 0. The van der Waals surface area contributed by atoms with Gasteiger partial charge in [0.05, 0.1) is 5.69 Å². The molecule has 8 nitrogen and oxygen atoms in total. The Kier molecular flexibility index (Phi) is 6.57. The number of carbonyl (C=O) groups is 1. The van der Waals surface area contributed by atoms with E-state index in [1.54, 1.807) is 31.2 Å². The highest BCUT2D eigenvalue weighted by Crippen LogP contribution is 2.45. The molecule has 0 bridgehead atoms. The molecule has 2 aromatic heterocycles. The number of aromatic nitrogens is 6. The van der Waals surface area contributed by atoms with Crippen molar-refractivity contribution >= 4 is 5.97 Å². The van der Waals surface area contributed by atoms with Crippen molar-refractivity contribution in [3.05, 3.63) is 77.6 Å². The number of carboxylic acids is 1. The number of rotatable bonds is 8. The molecule has 0 aliphatic rings. The van der Waals surface area contributed by atoms with E-state index < -0.39 is 29.5 Å². The van der Waals surface area contributed by atoms with E-state index in [1.165, 1.54) is 11.0 Å². The van der Waals surface area contributed by atoms with Gasteiger partial charge >= 0.3 is 18.1 Å². The van der Waals surface area contributed by atoms with E-state index in [0.29, 0.717) is 17.7 Å². The average molecular weight is 506 g/mol. The number of nitrogens with zero attached hydrogens (tertiary/aromatic N) is 6. The van der Waals surface area contributed by atoms with Gasteiger partial charge in [-0.25, -0.2) is 9.78 Å². The third kappa shape index (κ3) is 4.55. The molecule has 2 aromatic carbocycles. The van der Waals surface area contributed by atoms with E-state index >= 15 is 0 Å². The summed E-state index contributed by atoms with van der Waals surface area (Å²) in [5.74, 6) is -7.50. The Balaban J connectivity index is 1.73. The molecule has 0 saturated carbocycles. The lowest BCUT2D eigenvalue weighted by Gasteiger charge is -2.18. The summed E-state index contributed by atoms with van der Waals surface area (Å²) in [6.45, 7) is 1.42. The van der Waals surface area contributed by atoms with Gasteiger partial charge in [-0.3, -0.25) is 0 Å². The van der Waals surface area contributed by atoms with Crippen LogP contribution in [0.5, 0.6) is 0 Å². The number of aromatic carboxylic acids is 1. The van der Waals surface area contributed by atoms with Gasteiger partial charge in [-0.1, -0.05) is 49.4 Å². The quantitative estimate of drug-likeness (QED) is 0.342. The summed E-state index contributed by atoms with van der Waals surface area (Å²) >= 11 is 0. The Bertz CT molecular complexity index is 1360. The van der Waals surface area contributed by atoms with Crippen molar-refractivity contribution in [1.29, 1.82) is 0 Å². The molecule has 188 valence electrons. The SMILES string of the molecule is CCCc1nc(C(F)(F)C(F)(F)F)c(C(=O)O)n1Cc1ccc(-c2ccccc2-n2cnnn2)cc1. The van der Waals surface area contributed by atoms with Crippen molar-refractivity contribution in [2.75, 3.05) is 0 Å². The fourth-order valence-electron chi connectivity index (χ4n) is 3.82. The fraction of sp³-hybridized carbons (Fsp3) is 0.261. The summed E-state index contributed by atoms with van der Waals surface area (Å²) in [5.41, 5.74) is -0.275. The average Bonchev–Trinajstić information content (AvgIpc) is 3.48. The number of alkyl halides is 5. The number of aryl methyl sites for hydroxylation is 1. The first-order valence-corrected chi connectivity index (χ1v) is 10.7. The van der Waals surface area contributed by atoms with Gasteiger partial charge in [-0.2, -0.15) is 26.6 Å². The van der Waals surface area contributed by atoms with E-state index in [1.807, 2.05) is 24.3 Å². The molecule has 0 atom stereocenters. The number of para-hydroxylation sites is 1. The molecule has 0 aliphatic carbocycles. The first-order valence-electron chi connectivity index (χ1n) is 10.7. The van der Waals surface area contributed by atoms with Crippen molar-refractivity contribution in [2.45, 2.75) is 38.4 Å². The van der Waals surface area contributed by atoms with Gasteiger partial charge in [0.25, 0.3) is 0 Å². The minimum atomic E-state index is -5.99. The maximum absolute atomic E-state index is 14.2.